The van der Waals surface area contributed by atoms with E-state index in [1.807, 2.05) is 49.4 Å². The Bertz CT molecular complexity index is 1070. The Morgan fingerprint density at radius 2 is 1.79 bits per heavy atom. The van der Waals surface area contributed by atoms with Gasteiger partial charge in [0.1, 0.15) is 0 Å². The molecule has 0 bridgehead atoms. The minimum Gasteiger partial charge on any atom is -0.322 e. The Hall–Kier alpha value is -2.76. The minimum absolute atomic E-state index is 0.0118. The highest BCUT2D eigenvalue weighted by Crippen LogP contribution is 2.42. The van der Waals surface area contributed by atoms with Crippen molar-refractivity contribution in [3.05, 3.63) is 82.9 Å². The molecule has 6 heteroatoms. The number of benzene rings is 3. The molecule has 0 unspecified atom stereocenters. The van der Waals surface area contributed by atoms with Crippen LogP contribution in [0.3, 0.4) is 0 Å². The number of hydrogen-bond donors (Lipinski definition) is 1. The summed E-state index contributed by atoms with van der Waals surface area (Å²) in [6.45, 7) is 2.52. The van der Waals surface area contributed by atoms with Crippen molar-refractivity contribution in [2.45, 2.75) is 16.7 Å². The molecule has 1 N–H and O–H groups in total. The van der Waals surface area contributed by atoms with E-state index in [0.717, 1.165) is 15.5 Å². The summed E-state index contributed by atoms with van der Waals surface area (Å²) in [5.74, 6) is -0.221. The van der Waals surface area contributed by atoms with E-state index in [0.29, 0.717) is 28.4 Å². The maximum absolute atomic E-state index is 12.9. The first-order valence-corrected chi connectivity index (χ1v) is 10.1. The second-order valence-electron chi connectivity index (χ2n) is 6.29. The lowest BCUT2D eigenvalue weighted by molar-refractivity contribution is 0.0983. The monoisotopic (exact) mass is 408 g/mol. The molecule has 2 amide bonds. The van der Waals surface area contributed by atoms with Crippen LogP contribution < -0.4 is 10.2 Å². The summed E-state index contributed by atoms with van der Waals surface area (Å²) in [7, 11) is 0. The van der Waals surface area contributed by atoms with Gasteiger partial charge in [-0.3, -0.25) is 9.59 Å². The van der Waals surface area contributed by atoms with Crippen molar-refractivity contribution in [2.75, 3.05) is 16.8 Å². The van der Waals surface area contributed by atoms with Gasteiger partial charge in [-0.25, -0.2) is 0 Å². The summed E-state index contributed by atoms with van der Waals surface area (Å²) >= 11 is 7.42. The van der Waals surface area contributed by atoms with Gasteiger partial charge in [0, 0.05) is 32.6 Å². The second kappa shape index (κ2) is 7.70. The Balaban J connectivity index is 1.68. The van der Waals surface area contributed by atoms with Gasteiger partial charge in [0.15, 0.2) is 0 Å². The van der Waals surface area contributed by atoms with Crippen LogP contribution in [-0.2, 0) is 0 Å². The van der Waals surface area contributed by atoms with Crippen LogP contribution in [0.15, 0.2) is 76.5 Å². The molecule has 3 aromatic carbocycles. The van der Waals surface area contributed by atoms with Crippen LogP contribution >= 0.6 is 23.4 Å². The highest BCUT2D eigenvalue weighted by molar-refractivity contribution is 7.99. The van der Waals surface area contributed by atoms with Crippen LogP contribution in [0.5, 0.6) is 0 Å². The lowest BCUT2D eigenvalue weighted by Crippen LogP contribution is -2.30. The topological polar surface area (TPSA) is 49.4 Å². The van der Waals surface area contributed by atoms with Gasteiger partial charge in [-0.1, -0.05) is 35.5 Å². The van der Waals surface area contributed by atoms with E-state index >= 15 is 0 Å². The Morgan fingerprint density at radius 3 is 2.54 bits per heavy atom. The van der Waals surface area contributed by atoms with E-state index < -0.39 is 0 Å². The van der Waals surface area contributed by atoms with Gasteiger partial charge in [-0.2, -0.15) is 0 Å². The lowest BCUT2D eigenvalue weighted by Gasteiger charge is -2.21. The number of anilines is 2. The smallest absolute Gasteiger partial charge is 0.259 e. The third-order valence-electron chi connectivity index (χ3n) is 4.51. The Kier molecular flexibility index (Phi) is 5.11. The normalized spacial score (nSPS) is 12.8. The zero-order chi connectivity index (χ0) is 19.7. The van der Waals surface area contributed by atoms with Crippen molar-refractivity contribution in [1.82, 2.24) is 0 Å². The molecular formula is C22H17ClN2O2S. The number of carbonyl (C=O) groups is 2. The molecule has 28 heavy (non-hydrogen) atoms. The Morgan fingerprint density at radius 1 is 1.04 bits per heavy atom. The van der Waals surface area contributed by atoms with Gasteiger partial charge >= 0.3 is 0 Å². The van der Waals surface area contributed by atoms with Crippen molar-refractivity contribution < 1.29 is 9.59 Å². The van der Waals surface area contributed by atoms with E-state index in [1.165, 1.54) is 11.8 Å². The molecule has 0 fully saturated rings. The lowest BCUT2D eigenvalue weighted by atomic mass is 10.1. The third kappa shape index (κ3) is 3.51. The summed E-state index contributed by atoms with van der Waals surface area (Å²) in [4.78, 5) is 29.0. The highest BCUT2D eigenvalue weighted by Gasteiger charge is 2.26. The van der Waals surface area contributed by atoms with Gasteiger partial charge in [0.2, 0.25) is 0 Å². The molecule has 3 aromatic rings. The number of nitrogens with one attached hydrogen (secondary N) is 1. The number of nitrogens with zero attached hydrogens (tertiary/aromatic N) is 1. The third-order valence-corrected chi connectivity index (χ3v) is 5.89. The van der Waals surface area contributed by atoms with Gasteiger partial charge in [-0.15, -0.1) is 0 Å². The van der Waals surface area contributed by atoms with E-state index in [2.05, 4.69) is 5.32 Å². The molecule has 140 valence electrons. The average molecular weight is 409 g/mol. The van der Waals surface area contributed by atoms with Gasteiger partial charge in [-0.05, 0) is 61.5 Å². The molecule has 1 heterocycles. The summed E-state index contributed by atoms with van der Waals surface area (Å²) in [6, 6.07) is 19.9. The first-order chi connectivity index (χ1) is 13.6. The van der Waals surface area contributed by atoms with Crippen molar-refractivity contribution in [1.29, 1.82) is 0 Å². The summed E-state index contributed by atoms with van der Waals surface area (Å²) in [5.41, 5.74) is 2.74. The molecule has 4 rings (SSSR count). The SMILES string of the molecule is CCN1C(=O)c2ccccc2Sc2cc(NC(=O)c3ccc(Cl)cc3)ccc21. The summed E-state index contributed by atoms with van der Waals surface area (Å²) in [6.07, 6.45) is 0. The van der Waals surface area contributed by atoms with Crippen LogP contribution in [0.25, 0.3) is 0 Å². The van der Waals surface area contributed by atoms with Gasteiger partial charge in [0.25, 0.3) is 11.8 Å². The zero-order valence-corrected chi connectivity index (χ0v) is 16.7. The molecule has 0 aromatic heterocycles. The molecule has 0 spiro atoms. The van der Waals surface area contributed by atoms with Crippen LogP contribution in [0, 0.1) is 0 Å². The molecule has 0 saturated carbocycles. The van der Waals surface area contributed by atoms with Crippen LogP contribution in [0.2, 0.25) is 5.02 Å². The van der Waals surface area contributed by atoms with Crippen molar-refractivity contribution >= 4 is 46.6 Å². The van der Waals surface area contributed by atoms with Crippen LogP contribution in [0.4, 0.5) is 11.4 Å². The van der Waals surface area contributed by atoms with Gasteiger partial charge < -0.3 is 10.2 Å². The quantitative estimate of drug-likeness (QED) is 0.602. The number of hydrogen-bond acceptors (Lipinski definition) is 3. The van der Waals surface area contributed by atoms with E-state index in [4.69, 9.17) is 11.6 Å². The van der Waals surface area contributed by atoms with Gasteiger partial charge in [0.05, 0.1) is 11.3 Å². The zero-order valence-electron chi connectivity index (χ0n) is 15.1. The molecule has 1 aliphatic heterocycles. The molecule has 1 aliphatic rings. The number of fused-ring (bicyclic) bond motifs is 2. The number of carbonyl (C=O) groups excluding carboxylic acids is 2. The van der Waals surface area contributed by atoms with Crippen LogP contribution in [0.1, 0.15) is 27.6 Å². The van der Waals surface area contributed by atoms with Crippen molar-refractivity contribution in [2.24, 2.45) is 0 Å². The predicted octanol–water partition coefficient (Wildman–Crippen LogP) is 5.72. The molecular weight excluding hydrogens is 392 g/mol. The van der Waals surface area contributed by atoms with E-state index in [-0.39, 0.29) is 11.8 Å². The fourth-order valence-corrected chi connectivity index (χ4v) is 4.36. The average Bonchev–Trinajstić information content (AvgIpc) is 2.82. The summed E-state index contributed by atoms with van der Waals surface area (Å²) in [5, 5.41) is 3.50. The highest BCUT2D eigenvalue weighted by atomic mass is 35.5. The predicted molar refractivity (Wildman–Crippen MR) is 114 cm³/mol. The molecule has 0 radical (unpaired) electrons. The van der Waals surface area contributed by atoms with Crippen molar-refractivity contribution in [3.8, 4) is 0 Å². The maximum atomic E-state index is 12.9. The molecule has 0 aliphatic carbocycles. The first kappa shape index (κ1) is 18.6. The number of amides is 2. The second-order valence-corrected chi connectivity index (χ2v) is 7.81. The minimum atomic E-state index is -0.209. The van der Waals surface area contributed by atoms with Crippen LogP contribution in [-0.4, -0.2) is 18.4 Å². The molecule has 4 nitrogen and oxygen atoms in total. The standard InChI is InChI=1S/C22H17ClN2O2S/c1-2-25-18-12-11-16(24-21(26)14-7-9-15(23)10-8-14)13-20(18)28-19-6-4-3-5-17(19)22(25)27/h3-13H,2H2,1H3,(H,24,26). The fraction of sp³-hybridized carbons (Fsp3) is 0.0909. The molecule has 0 saturated heterocycles. The number of rotatable bonds is 3. The van der Waals surface area contributed by atoms with E-state index in [1.54, 1.807) is 29.2 Å². The summed E-state index contributed by atoms with van der Waals surface area (Å²) < 4.78 is 0. The maximum Gasteiger partial charge on any atom is 0.259 e. The first-order valence-electron chi connectivity index (χ1n) is 8.86. The Labute approximate surface area is 172 Å². The van der Waals surface area contributed by atoms with Crippen molar-refractivity contribution in [3.63, 3.8) is 0 Å². The fourth-order valence-electron chi connectivity index (χ4n) is 3.12. The number of halogens is 1. The molecule has 0 atom stereocenters. The largest absolute Gasteiger partial charge is 0.322 e. The van der Waals surface area contributed by atoms with E-state index in [9.17, 15) is 9.59 Å².